The van der Waals surface area contributed by atoms with E-state index in [9.17, 15) is 9.59 Å². The minimum Gasteiger partial charge on any atom is -0.481 e. The van der Waals surface area contributed by atoms with Gasteiger partial charge in [0.1, 0.15) is 6.10 Å². The molecule has 0 fully saturated rings. The van der Waals surface area contributed by atoms with Crippen LogP contribution in [0.25, 0.3) is 0 Å². The van der Waals surface area contributed by atoms with Gasteiger partial charge < -0.3 is 9.84 Å². The molecule has 0 heterocycles. The Labute approximate surface area is 260 Å². The lowest BCUT2D eigenvalue weighted by Crippen LogP contribution is -2.18. The number of carboxylic acid groups (broad SMARTS) is 1. The van der Waals surface area contributed by atoms with Crippen molar-refractivity contribution in [3.8, 4) is 0 Å². The second kappa shape index (κ2) is 33.7. The van der Waals surface area contributed by atoms with Gasteiger partial charge in [-0.25, -0.2) is 0 Å². The molecule has 0 aliphatic heterocycles. The number of esters is 1. The highest BCUT2D eigenvalue weighted by Crippen LogP contribution is 2.18. The third-order valence-corrected chi connectivity index (χ3v) is 7.88. The molecule has 0 aliphatic carbocycles. The average molecular weight is 589 g/mol. The zero-order chi connectivity index (χ0) is 30.8. The molecule has 4 nitrogen and oxygen atoms in total. The van der Waals surface area contributed by atoms with Crippen molar-refractivity contribution in [2.75, 3.05) is 0 Å². The number of rotatable bonds is 32. The third-order valence-electron chi connectivity index (χ3n) is 7.88. The van der Waals surface area contributed by atoms with Crippen molar-refractivity contribution >= 4 is 11.9 Å². The first-order chi connectivity index (χ1) is 20.6. The maximum atomic E-state index is 12.6. The van der Waals surface area contributed by atoms with Crippen LogP contribution in [0.4, 0.5) is 0 Å². The molecule has 0 bridgehead atoms. The number of allylic oxidation sites excluding steroid dienone is 6. The number of hydrogen-bond donors (Lipinski definition) is 1. The molecule has 0 aromatic rings. The SMILES string of the molecule is CC/C=C\C/C=C\C/C=C\CCCCCCCCCC(=O)OC(CCCCCCCC)CCCCCCCCC(=O)O. The Morgan fingerprint density at radius 3 is 1.55 bits per heavy atom. The largest absolute Gasteiger partial charge is 0.481 e. The molecule has 0 amide bonds. The number of hydrogen-bond acceptors (Lipinski definition) is 3. The smallest absolute Gasteiger partial charge is 0.306 e. The molecule has 244 valence electrons. The third kappa shape index (κ3) is 32.7. The number of carbonyl (C=O) groups is 2. The normalized spacial score (nSPS) is 12.6. The minimum atomic E-state index is -0.695. The van der Waals surface area contributed by atoms with Crippen molar-refractivity contribution in [3.05, 3.63) is 36.5 Å². The van der Waals surface area contributed by atoms with Crippen molar-refractivity contribution < 1.29 is 19.4 Å². The van der Waals surface area contributed by atoms with Gasteiger partial charge in [-0.2, -0.15) is 0 Å². The number of aliphatic carboxylic acids is 1. The van der Waals surface area contributed by atoms with Gasteiger partial charge in [-0.15, -0.1) is 0 Å². The summed E-state index contributed by atoms with van der Waals surface area (Å²) in [4.78, 5) is 23.2. The zero-order valence-corrected chi connectivity index (χ0v) is 27.8. The van der Waals surface area contributed by atoms with Gasteiger partial charge in [0.05, 0.1) is 0 Å². The first kappa shape index (κ1) is 40.2. The molecule has 0 aliphatic rings. The lowest BCUT2D eigenvalue weighted by molar-refractivity contribution is -0.150. The molecule has 0 spiro atoms. The Bertz CT molecular complexity index is 679. The molecule has 0 rings (SSSR count). The highest BCUT2D eigenvalue weighted by atomic mass is 16.5. The van der Waals surface area contributed by atoms with E-state index in [0.717, 1.165) is 89.9 Å². The van der Waals surface area contributed by atoms with Gasteiger partial charge in [-0.3, -0.25) is 9.59 Å². The maximum Gasteiger partial charge on any atom is 0.306 e. The molecular weight excluding hydrogens is 520 g/mol. The van der Waals surface area contributed by atoms with Crippen LogP contribution in [-0.2, 0) is 14.3 Å². The quantitative estimate of drug-likeness (QED) is 0.0482. The van der Waals surface area contributed by atoms with Crippen LogP contribution in [0.3, 0.4) is 0 Å². The molecule has 4 heteroatoms. The van der Waals surface area contributed by atoms with Crippen LogP contribution in [-0.4, -0.2) is 23.1 Å². The number of unbranched alkanes of at least 4 members (excludes halogenated alkanes) is 17. The van der Waals surface area contributed by atoms with E-state index in [2.05, 4.69) is 50.3 Å². The fraction of sp³-hybridized carbons (Fsp3) is 0.789. The monoisotopic (exact) mass is 589 g/mol. The van der Waals surface area contributed by atoms with E-state index in [1.165, 1.54) is 70.6 Å². The van der Waals surface area contributed by atoms with Crippen LogP contribution in [0.5, 0.6) is 0 Å². The molecule has 0 aromatic heterocycles. The van der Waals surface area contributed by atoms with E-state index in [1.54, 1.807) is 0 Å². The predicted molar refractivity (Wildman–Crippen MR) is 181 cm³/mol. The van der Waals surface area contributed by atoms with Crippen molar-refractivity contribution in [3.63, 3.8) is 0 Å². The highest BCUT2D eigenvalue weighted by molar-refractivity contribution is 5.69. The summed E-state index contributed by atoms with van der Waals surface area (Å²) in [6.45, 7) is 4.41. The molecule has 0 radical (unpaired) electrons. The Hall–Kier alpha value is -1.84. The Morgan fingerprint density at radius 2 is 1.00 bits per heavy atom. The minimum absolute atomic E-state index is 0.00119. The fourth-order valence-electron chi connectivity index (χ4n) is 5.26. The molecule has 1 N–H and O–H groups in total. The van der Waals surface area contributed by atoms with Gasteiger partial charge >= 0.3 is 11.9 Å². The topological polar surface area (TPSA) is 63.6 Å². The number of carbonyl (C=O) groups excluding carboxylic acids is 1. The van der Waals surface area contributed by atoms with E-state index in [-0.39, 0.29) is 18.5 Å². The van der Waals surface area contributed by atoms with E-state index in [0.29, 0.717) is 6.42 Å². The van der Waals surface area contributed by atoms with Crippen LogP contribution >= 0.6 is 0 Å². The van der Waals surface area contributed by atoms with E-state index in [4.69, 9.17) is 9.84 Å². The lowest BCUT2D eigenvalue weighted by Gasteiger charge is -2.18. The maximum absolute atomic E-state index is 12.6. The molecule has 0 saturated heterocycles. The molecule has 1 atom stereocenters. The van der Waals surface area contributed by atoms with Gasteiger partial charge in [-0.1, -0.05) is 140 Å². The Morgan fingerprint density at radius 1 is 0.548 bits per heavy atom. The molecule has 0 saturated carbocycles. The predicted octanol–water partition coefficient (Wildman–Crippen LogP) is 12.2. The van der Waals surface area contributed by atoms with Crippen molar-refractivity contribution in [2.24, 2.45) is 0 Å². The van der Waals surface area contributed by atoms with Crippen molar-refractivity contribution in [2.45, 2.75) is 193 Å². The summed E-state index contributed by atoms with van der Waals surface area (Å²) in [5.74, 6) is -0.697. The van der Waals surface area contributed by atoms with Gasteiger partial charge in [0, 0.05) is 12.8 Å². The summed E-state index contributed by atoms with van der Waals surface area (Å²) in [5, 5.41) is 8.75. The summed E-state index contributed by atoms with van der Waals surface area (Å²) >= 11 is 0. The van der Waals surface area contributed by atoms with E-state index in [1.807, 2.05) is 0 Å². The lowest BCUT2D eigenvalue weighted by atomic mass is 10.0. The zero-order valence-electron chi connectivity index (χ0n) is 27.8. The fourth-order valence-corrected chi connectivity index (χ4v) is 5.26. The molecule has 42 heavy (non-hydrogen) atoms. The summed E-state index contributed by atoms with van der Waals surface area (Å²) in [6.07, 6.45) is 43.1. The van der Waals surface area contributed by atoms with Crippen LogP contribution in [0.1, 0.15) is 187 Å². The molecular formula is C38H68O4. The van der Waals surface area contributed by atoms with E-state index >= 15 is 0 Å². The second-order valence-electron chi connectivity index (χ2n) is 12.0. The van der Waals surface area contributed by atoms with Crippen LogP contribution in [0.2, 0.25) is 0 Å². The van der Waals surface area contributed by atoms with Crippen LogP contribution in [0.15, 0.2) is 36.5 Å². The van der Waals surface area contributed by atoms with Crippen molar-refractivity contribution in [1.29, 1.82) is 0 Å². The van der Waals surface area contributed by atoms with Crippen molar-refractivity contribution in [1.82, 2.24) is 0 Å². The van der Waals surface area contributed by atoms with Gasteiger partial charge in [-0.05, 0) is 70.6 Å². The highest BCUT2D eigenvalue weighted by Gasteiger charge is 2.14. The van der Waals surface area contributed by atoms with E-state index < -0.39 is 5.97 Å². The summed E-state index contributed by atoms with van der Waals surface area (Å²) in [5.41, 5.74) is 0. The van der Waals surface area contributed by atoms with Gasteiger partial charge in [0.2, 0.25) is 0 Å². The Kier molecular flexibility index (Phi) is 32.2. The second-order valence-corrected chi connectivity index (χ2v) is 12.0. The molecule has 0 aromatic carbocycles. The van der Waals surface area contributed by atoms with Crippen LogP contribution in [0, 0.1) is 0 Å². The number of ether oxygens (including phenoxy) is 1. The standard InChI is InChI=1S/C38H68O4/c1-3-5-7-9-11-12-13-14-15-16-17-18-19-20-21-27-31-35-38(41)42-36(32-28-24-10-8-6-4-2)33-29-25-22-23-26-30-34-37(39)40/h5,7,11-12,14-15,36H,3-4,6,8-10,13,16-35H2,1-2H3,(H,39,40)/b7-5-,12-11-,15-14-. The van der Waals surface area contributed by atoms with Gasteiger partial charge in [0.25, 0.3) is 0 Å². The number of carboxylic acids is 1. The average Bonchev–Trinajstić information content (AvgIpc) is 2.97. The van der Waals surface area contributed by atoms with Crippen LogP contribution < -0.4 is 0 Å². The summed E-state index contributed by atoms with van der Waals surface area (Å²) in [6, 6.07) is 0. The van der Waals surface area contributed by atoms with Gasteiger partial charge in [0.15, 0.2) is 0 Å². The molecule has 1 unspecified atom stereocenters. The summed E-state index contributed by atoms with van der Waals surface area (Å²) in [7, 11) is 0. The first-order valence-corrected chi connectivity index (χ1v) is 18.0. The Balaban J connectivity index is 3.93. The summed E-state index contributed by atoms with van der Waals surface area (Å²) < 4.78 is 5.96. The first-order valence-electron chi connectivity index (χ1n) is 18.0.